The highest BCUT2D eigenvalue weighted by atomic mass is 32.2. The molecule has 2 aromatic rings. The number of rotatable bonds is 11. The van der Waals surface area contributed by atoms with Crippen molar-refractivity contribution in [2.45, 2.75) is 56.4 Å². The van der Waals surface area contributed by atoms with Gasteiger partial charge in [-0.25, -0.2) is 8.42 Å². The Balaban J connectivity index is 1.39. The molecule has 1 aliphatic carbocycles. The van der Waals surface area contributed by atoms with Crippen LogP contribution in [-0.4, -0.2) is 47.2 Å². The summed E-state index contributed by atoms with van der Waals surface area (Å²) >= 11 is 0. The predicted octanol–water partition coefficient (Wildman–Crippen LogP) is 4.05. The molecule has 180 valence electrons. The van der Waals surface area contributed by atoms with Gasteiger partial charge >= 0.3 is 0 Å². The van der Waals surface area contributed by atoms with Gasteiger partial charge in [-0.05, 0) is 62.6 Å². The third kappa shape index (κ3) is 7.47. The first kappa shape index (κ1) is 25.1. The number of carbonyl (C=O) groups is 1. The van der Waals surface area contributed by atoms with Gasteiger partial charge in [-0.15, -0.1) is 0 Å². The molecule has 0 aliphatic heterocycles. The molecule has 0 saturated heterocycles. The van der Waals surface area contributed by atoms with E-state index in [1.165, 1.54) is 30.6 Å². The maximum Gasteiger partial charge on any atom is 0.264 e. The summed E-state index contributed by atoms with van der Waals surface area (Å²) in [5.41, 5.74) is 1.50. The van der Waals surface area contributed by atoms with Crippen molar-refractivity contribution in [2.75, 3.05) is 31.1 Å². The Morgan fingerprint density at radius 1 is 1.03 bits per heavy atom. The van der Waals surface area contributed by atoms with Crippen LogP contribution in [0.5, 0.6) is 5.75 Å². The number of aryl methyl sites for hydroxylation is 1. The molecular weight excluding hydrogens is 440 g/mol. The van der Waals surface area contributed by atoms with Crippen molar-refractivity contribution < 1.29 is 22.7 Å². The molecule has 0 spiro atoms. The van der Waals surface area contributed by atoms with Crippen LogP contribution in [0.2, 0.25) is 0 Å². The number of hydrogen-bond donors (Lipinski definition) is 1. The normalized spacial score (nSPS) is 14.6. The first-order valence-corrected chi connectivity index (χ1v) is 13.0. The van der Waals surface area contributed by atoms with Crippen LogP contribution >= 0.6 is 0 Å². The van der Waals surface area contributed by atoms with E-state index in [1.54, 1.807) is 48.5 Å². The molecule has 1 saturated carbocycles. The lowest BCUT2D eigenvalue weighted by atomic mass is 9.98. The second-order valence-corrected chi connectivity index (χ2v) is 10.4. The van der Waals surface area contributed by atoms with Gasteiger partial charge in [-0.3, -0.25) is 9.10 Å². The molecule has 8 heteroatoms. The van der Waals surface area contributed by atoms with Crippen molar-refractivity contribution in [3.05, 3.63) is 54.1 Å². The third-order valence-corrected chi connectivity index (χ3v) is 7.60. The van der Waals surface area contributed by atoms with E-state index < -0.39 is 10.0 Å². The number of benzene rings is 2. The molecule has 33 heavy (non-hydrogen) atoms. The van der Waals surface area contributed by atoms with E-state index in [0.717, 1.165) is 24.8 Å². The van der Waals surface area contributed by atoms with E-state index in [1.807, 2.05) is 6.92 Å². The van der Waals surface area contributed by atoms with Crippen molar-refractivity contribution in [3.8, 4) is 5.75 Å². The summed E-state index contributed by atoms with van der Waals surface area (Å²) in [4.78, 5) is 12.2. The van der Waals surface area contributed by atoms with Crippen molar-refractivity contribution in [2.24, 2.45) is 0 Å². The molecule has 0 heterocycles. The minimum atomic E-state index is -3.65. The summed E-state index contributed by atoms with van der Waals surface area (Å²) < 4.78 is 38.2. The average molecular weight is 475 g/mol. The number of hydrogen-bond acceptors (Lipinski definition) is 5. The topological polar surface area (TPSA) is 84.9 Å². The Hall–Kier alpha value is -2.58. The fraction of sp³-hybridized carbons (Fsp3) is 0.480. The first-order chi connectivity index (χ1) is 15.9. The first-order valence-electron chi connectivity index (χ1n) is 11.5. The van der Waals surface area contributed by atoms with Crippen LogP contribution in [0.15, 0.2) is 53.4 Å². The molecule has 0 unspecified atom stereocenters. The van der Waals surface area contributed by atoms with Crippen LogP contribution in [0.4, 0.5) is 5.69 Å². The summed E-state index contributed by atoms with van der Waals surface area (Å²) in [6.45, 7) is 3.02. The lowest BCUT2D eigenvalue weighted by Crippen LogP contribution is -2.30. The fourth-order valence-corrected chi connectivity index (χ4v) is 4.94. The van der Waals surface area contributed by atoms with Crippen molar-refractivity contribution >= 4 is 21.6 Å². The molecule has 1 N–H and O–H groups in total. The molecule has 0 aromatic heterocycles. The summed E-state index contributed by atoms with van der Waals surface area (Å²) in [6, 6.07) is 13.4. The zero-order valence-electron chi connectivity index (χ0n) is 19.5. The largest absolute Gasteiger partial charge is 0.484 e. The maximum absolute atomic E-state index is 12.8. The minimum absolute atomic E-state index is 0.0969. The number of ether oxygens (including phenoxy) is 2. The van der Waals surface area contributed by atoms with Gasteiger partial charge in [-0.1, -0.05) is 37.0 Å². The lowest BCUT2D eigenvalue weighted by molar-refractivity contribution is -0.123. The summed E-state index contributed by atoms with van der Waals surface area (Å²) in [5.74, 6) is 0.298. The second-order valence-electron chi connectivity index (χ2n) is 8.40. The van der Waals surface area contributed by atoms with E-state index >= 15 is 0 Å². The molecule has 1 fully saturated rings. The Kier molecular flexibility index (Phi) is 9.14. The average Bonchev–Trinajstić information content (AvgIpc) is 2.83. The van der Waals surface area contributed by atoms with Gasteiger partial charge in [0.25, 0.3) is 15.9 Å². The smallest absolute Gasteiger partial charge is 0.264 e. The molecule has 0 atom stereocenters. The standard InChI is InChI=1S/C25H34N2O5S/c1-20-9-15-24(16-10-20)33(29,30)27(2)21-11-13-23(14-12-21)32-19-25(28)26-17-6-18-31-22-7-4-3-5-8-22/h9-16,22H,3-8,17-19H2,1-2H3,(H,26,28). The zero-order chi connectivity index (χ0) is 23.7. The number of sulfonamides is 1. The van der Waals surface area contributed by atoms with Crippen LogP contribution in [0, 0.1) is 6.92 Å². The second kappa shape index (κ2) is 12.0. The van der Waals surface area contributed by atoms with E-state index in [0.29, 0.717) is 30.7 Å². The van der Waals surface area contributed by atoms with Gasteiger partial charge in [0.1, 0.15) is 5.75 Å². The number of anilines is 1. The van der Waals surface area contributed by atoms with Crippen molar-refractivity contribution in [3.63, 3.8) is 0 Å². The van der Waals surface area contributed by atoms with Gasteiger partial charge in [0.05, 0.1) is 16.7 Å². The molecule has 1 aliphatic rings. The monoisotopic (exact) mass is 474 g/mol. The van der Waals surface area contributed by atoms with E-state index in [4.69, 9.17) is 9.47 Å². The molecule has 0 radical (unpaired) electrons. The van der Waals surface area contributed by atoms with E-state index in [9.17, 15) is 13.2 Å². The minimum Gasteiger partial charge on any atom is -0.484 e. The van der Waals surface area contributed by atoms with Gasteiger partial charge in [0.15, 0.2) is 6.61 Å². The lowest BCUT2D eigenvalue weighted by Gasteiger charge is -2.21. The highest BCUT2D eigenvalue weighted by molar-refractivity contribution is 7.92. The molecule has 7 nitrogen and oxygen atoms in total. The van der Waals surface area contributed by atoms with E-state index in [2.05, 4.69) is 5.32 Å². The van der Waals surface area contributed by atoms with Crippen LogP contribution in [0.3, 0.4) is 0 Å². The molecule has 2 aromatic carbocycles. The number of amides is 1. The van der Waals surface area contributed by atoms with Crippen LogP contribution < -0.4 is 14.4 Å². The predicted molar refractivity (Wildman–Crippen MR) is 129 cm³/mol. The summed E-state index contributed by atoms with van der Waals surface area (Å²) in [5, 5.41) is 2.83. The van der Waals surface area contributed by atoms with Gasteiger partial charge in [-0.2, -0.15) is 0 Å². The molecular formula is C25H34N2O5S. The quantitative estimate of drug-likeness (QED) is 0.497. The fourth-order valence-electron chi connectivity index (χ4n) is 3.74. The maximum atomic E-state index is 12.8. The molecule has 1 amide bonds. The van der Waals surface area contributed by atoms with Crippen LogP contribution in [0.25, 0.3) is 0 Å². The van der Waals surface area contributed by atoms with Crippen molar-refractivity contribution in [1.29, 1.82) is 0 Å². The van der Waals surface area contributed by atoms with E-state index in [-0.39, 0.29) is 17.4 Å². The highest BCUT2D eigenvalue weighted by Crippen LogP contribution is 2.24. The Bertz CT molecular complexity index is 984. The van der Waals surface area contributed by atoms with Crippen molar-refractivity contribution in [1.82, 2.24) is 5.32 Å². The molecule has 0 bridgehead atoms. The Morgan fingerprint density at radius 3 is 2.36 bits per heavy atom. The van der Waals surface area contributed by atoms with Gasteiger partial charge in [0.2, 0.25) is 0 Å². The number of nitrogens with one attached hydrogen (secondary N) is 1. The van der Waals surface area contributed by atoms with Gasteiger partial charge in [0, 0.05) is 20.2 Å². The Labute approximate surface area is 197 Å². The Morgan fingerprint density at radius 2 is 1.70 bits per heavy atom. The zero-order valence-corrected chi connectivity index (χ0v) is 20.3. The van der Waals surface area contributed by atoms with Crippen LogP contribution in [0.1, 0.15) is 44.1 Å². The van der Waals surface area contributed by atoms with Gasteiger partial charge < -0.3 is 14.8 Å². The number of nitrogens with zero attached hydrogens (tertiary/aromatic N) is 1. The summed E-state index contributed by atoms with van der Waals surface area (Å²) in [6.07, 6.45) is 7.25. The third-order valence-electron chi connectivity index (χ3n) is 5.80. The SMILES string of the molecule is Cc1ccc(S(=O)(=O)N(C)c2ccc(OCC(=O)NCCCOC3CCCCC3)cc2)cc1. The highest BCUT2D eigenvalue weighted by Gasteiger charge is 2.21. The van der Waals surface area contributed by atoms with Crippen LogP contribution in [-0.2, 0) is 19.6 Å². The summed E-state index contributed by atoms with van der Waals surface area (Å²) in [7, 11) is -2.14. The number of carbonyl (C=O) groups excluding carboxylic acids is 1. The molecule has 3 rings (SSSR count).